The number of benzene rings is 4. The van der Waals surface area contributed by atoms with Crippen LogP contribution in [0.5, 0.6) is 0 Å². The Labute approximate surface area is 177 Å². The quantitative estimate of drug-likeness (QED) is 0.464. The lowest BCUT2D eigenvalue weighted by atomic mass is 9.92. The van der Waals surface area contributed by atoms with Crippen molar-refractivity contribution >= 4 is 33.4 Å². The van der Waals surface area contributed by atoms with Crippen LogP contribution < -0.4 is 11.1 Å². The number of primary amides is 1. The highest BCUT2D eigenvalue weighted by Crippen LogP contribution is 2.29. The number of carbonyl (C=O) groups is 2. The largest absolute Gasteiger partial charge is 0.368 e. The molecule has 2 amide bonds. The van der Waals surface area contributed by atoms with Crippen LogP contribution >= 0.6 is 0 Å². The number of amides is 2. The first-order valence-corrected chi connectivity index (χ1v) is 9.85. The molecule has 0 unspecified atom stereocenters. The van der Waals surface area contributed by atoms with Gasteiger partial charge in [0.1, 0.15) is 17.7 Å². The van der Waals surface area contributed by atoms with Crippen LogP contribution in [0.25, 0.3) is 21.5 Å². The normalized spacial score (nSPS) is 12.1. The first-order valence-electron chi connectivity index (χ1n) is 9.85. The van der Waals surface area contributed by atoms with Crippen molar-refractivity contribution < 1.29 is 18.4 Å². The second-order valence-corrected chi connectivity index (χ2v) is 7.40. The van der Waals surface area contributed by atoms with Gasteiger partial charge in [0.2, 0.25) is 11.8 Å². The standard InChI is InChI=1S/C25H20F2N2O2/c26-21-10-5-11-22(27)20(21)14-24(30)29-23(25(28)31)13-19-17-8-3-1-6-15(17)12-16-7-2-4-9-18(16)19/h1-12,23H,13-14H2,(H2,28,31)(H,29,30)/t23-/m1/s1. The third-order valence-electron chi connectivity index (χ3n) is 5.37. The Bertz CT molecular complexity index is 1230. The fourth-order valence-electron chi connectivity index (χ4n) is 3.86. The lowest BCUT2D eigenvalue weighted by Crippen LogP contribution is -2.46. The minimum Gasteiger partial charge on any atom is -0.368 e. The molecule has 0 aliphatic rings. The van der Waals surface area contributed by atoms with E-state index in [0.717, 1.165) is 39.2 Å². The van der Waals surface area contributed by atoms with Crippen LogP contribution in [0.3, 0.4) is 0 Å². The van der Waals surface area contributed by atoms with Crippen molar-refractivity contribution in [3.8, 4) is 0 Å². The van der Waals surface area contributed by atoms with Crippen molar-refractivity contribution in [3.63, 3.8) is 0 Å². The summed E-state index contributed by atoms with van der Waals surface area (Å²) in [7, 11) is 0. The lowest BCUT2D eigenvalue weighted by Gasteiger charge is -2.19. The molecule has 4 aromatic rings. The minimum atomic E-state index is -1.03. The Morgan fingerprint density at radius 2 is 1.35 bits per heavy atom. The maximum atomic E-state index is 13.9. The molecule has 0 bridgehead atoms. The molecule has 0 saturated heterocycles. The predicted molar refractivity (Wildman–Crippen MR) is 116 cm³/mol. The SMILES string of the molecule is NC(=O)[C@@H](Cc1c2ccccc2cc2ccccc12)NC(=O)Cc1c(F)cccc1F. The van der Waals surface area contributed by atoms with Gasteiger partial charge in [0.05, 0.1) is 6.42 Å². The van der Waals surface area contributed by atoms with E-state index in [1.807, 2.05) is 48.5 Å². The molecule has 3 N–H and O–H groups in total. The van der Waals surface area contributed by atoms with E-state index in [2.05, 4.69) is 11.4 Å². The molecule has 0 aliphatic carbocycles. The third-order valence-corrected chi connectivity index (χ3v) is 5.37. The number of hydrogen-bond donors (Lipinski definition) is 2. The van der Waals surface area contributed by atoms with Crippen molar-refractivity contribution in [1.29, 1.82) is 0 Å². The van der Waals surface area contributed by atoms with Gasteiger partial charge in [0, 0.05) is 12.0 Å². The third kappa shape index (κ3) is 4.23. The van der Waals surface area contributed by atoms with Crippen molar-refractivity contribution in [2.75, 3.05) is 0 Å². The van der Waals surface area contributed by atoms with Crippen LogP contribution in [0.2, 0.25) is 0 Å². The number of halogens is 2. The molecule has 4 nitrogen and oxygen atoms in total. The zero-order chi connectivity index (χ0) is 22.0. The minimum absolute atomic E-state index is 0.155. The van der Waals surface area contributed by atoms with Gasteiger partial charge in [0.25, 0.3) is 0 Å². The Kier molecular flexibility index (Phi) is 5.62. The van der Waals surface area contributed by atoms with Crippen LogP contribution in [-0.2, 0) is 22.4 Å². The van der Waals surface area contributed by atoms with E-state index in [-0.39, 0.29) is 12.0 Å². The van der Waals surface area contributed by atoms with Gasteiger partial charge in [-0.25, -0.2) is 8.78 Å². The fraction of sp³-hybridized carbons (Fsp3) is 0.120. The van der Waals surface area contributed by atoms with E-state index in [4.69, 9.17) is 5.73 Å². The highest BCUT2D eigenvalue weighted by atomic mass is 19.1. The van der Waals surface area contributed by atoms with E-state index >= 15 is 0 Å². The van der Waals surface area contributed by atoms with Gasteiger partial charge in [-0.1, -0.05) is 54.6 Å². The molecular formula is C25H20F2N2O2. The van der Waals surface area contributed by atoms with E-state index in [1.165, 1.54) is 6.07 Å². The van der Waals surface area contributed by atoms with Gasteiger partial charge in [-0.3, -0.25) is 9.59 Å². The van der Waals surface area contributed by atoms with E-state index in [0.29, 0.717) is 0 Å². The average Bonchev–Trinajstić information content (AvgIpc) is 2.75. The zero-order valence-corrected chi connectivity index (χ0v) is 16.6. The number of fused-ring (bicyclic) bond motifs is 2. The summed E-state index contributed by atoms with van der Waals surface area (Å²) in [6.45, 7) is 0. The molecule has 4 aromatic carbocycles. The van der Waals surface area contributed by atoms with Gasteiger partial charge < -0.3 is 11.1 Å². The van der Waals surface area contributed by atoms with Gasteiger partial charge in [-0.05, 0) is 45.3 Å². The van der Waals surface area contributed by atoms with Crippen LogP contribution in [-0.4, -0.2) is 17.9 Å². The van der Waals surface area contributed by atoms with E-state index in [1.54, 1.807) is 0 Å². The molecule has 4 rings (SSSR count). The summed E-state index contributed by atoms with van der Waals surface area (Å²) >= 11 is 0. The highest BCUT2D eigenvalue weighted by Gasteiger charge is 2.22. The highest BCUT2D eigenvalue weighted by molar-refractivity contribution is 6.03. The van der Waals surface area contributed by atoms with E-state index < -0.39 is 35.9 Å². The predicted octanol–water partition coefficient (Wildman–Crippen LogP) is 4.03. The van der Waals surface area contributed by atoms with Crippen molar-refractivity contribution in [1.82, 2.24) is 5.32 Å². The Morgan fingerprint density at radius 1 is 0.806 bits per heavy atom. The monoisotopic (exact) mass is 418 g/mol. The molecule has 0 aromatic heterocycles. The number of nitrogens with one attached hydrogen (secondary N) is 1. The van der Waals surface area contributed by atoms with Crippen molar-refractivity contribution in [2.45, 2.75) is 18.9 Å². The van der Waals surface area contributed by atoms with E-state index in [9.17, 15) is 18.4 Å². The first kappa shape index (κ1) is 20.5. The second kappa shape index (κ2) is 8.52. The van der Waals surface area contributed by atoms with Gasteiger partial charge in [-0.2, -0.15) is 0 Å². The van der Waals surface area contributed by atoms with Gasteiger partial charge in [0.15, 0.2) is 0 Å². The molecule has 1 atom stereocenters. The summed E-state index contributed by atoms with van der Waals surface area (Å²) in [6.07, 6.45) is -0.374. The Morgan fingerprint density at radius 3 is 1.90 bits per heavy atom. The summed E-state index contributed by atoms with van der Waals surface area (Å²) < 4.78 is 27.8. The van der Waals surface area contributed by atoms with Crippen molar-refractivity contribution in [3.05, 3.63) is 95.6 Å². The molecule has 0 heterocycles. The Balaban J connectivity index is 1.66. The fourth-order valence-corrected chi connectivity index (χ4v) is 3.86. The smallest absolute Gasteiger partial charge is 0.240 e. The molecule has 0 fully saturated rings. The first-order chi connectivity index (χ1) is 14.9. The van der Waals surface area contributed by atoms with Crippen molar-refractivity contribution in [2.24, 2.45) is 5.73 Å². The van der Waals surface area contributed by atoms with Gasteiger partial charge in [-0.15, -0.1) is 0 Å². The number of hydrogen-bond acceptors (Lipinski definition) is 2. The number of nitrogens with two attached hydrogens (primary N) is 1. The summed E-state index contributed by atoms with van der Waals surface area (Å²) in [4.78, 5) is 24.7. The number of rotatable bonds is 6. The molecule has 0 saturated carbocycles. The summed E-state index contributed by atoms with van der Waals surface area (Å²) in [5, 5.41) is 6.44. The molecule has 0 aliphatic heterocycles. The maximum Gasteiger partial charge on any atom is 0.240 e. The molecule has 0 spiro atoms. The average molecular weight is 418 g/mol. The lowest BCUT2D eigenvalue weighted by molar-refractivity contribution is -0.127. The maximum absolute atomic E-state index is 13.9. The summed E-state index contributed by atoms with van der Waals surface area (Å²) in [5.74, 6) is -3.03. The number of carbonyl (C=O) groups excluding carboxylic acids is 2. The van der Waals surface area contributed by atoms with Crippen LogP contribution in [0.4, 0.5) is 8.78 Å². The molecule has 6 heteroatoms. The van der Waals surface area contributed by atoms with Gasteiger partial charge >= 0.3 is 0 Å². The molecule has 156 valence electrons. The summed E-state index contributed by atoms with van der Waals surface area (Å²) in [5.41, 5.74) is 6.09. The van der Waals surface area contributed by atoms with Crippen LogP contribution in [0.1, 0.15) is 11.1 Å². The molecular weight excluding hydrogens is 398 g/mol. The molecule has 31 heavy (non-hydrogen) atoms. The van der Waals surface area contributed by atoms with Crippen LogP contribution in [0, 0.1) is 11.6 Å². The zero-order valence-electron chi connectivity index (χ0n) is 16.6. The topological polar surface area (TPSA) is 72.2 Å². The second-order valence-electron chi connectivity index (χ2n) is 7.40. The summed E-state index contributed by atoms with van der Waals surface area (Å²) in [6, 6.07) is 19.9. The van der Waals surface area contributed by atoms with Crippen LogP contribution in [0.15, 0.2) is 72.8 Å². The molecule has 0 radical (unpaired) electrons. The Hall–Kier alpha value is -3.80.